The van der Waals surface area contributed by atoms with Crippen molar-refractivity contribution in [1.82, 2.24) is 0 Å². The second kappa shape index (κ2) is 22.3. The molecule has 1 rings (SSSR count). The number of nitrogens with zero attached hydrogens (tertiary/aromatic N) is 1. The minimum absolute atomic E-state index is 1.18. The molecule has 0 aromatic carbocycles. The van der Waals surface area contributed by atoms with Crippen molar-refractivity contribution >= 4 is 0 Å². The van der Waals surface area contributed by atoms with Crippen LogP contribution in [0, 0.1) is 6.92 Å². The van der Waals surface area contributed by atoms with Gasteiger partial charge in [-0.15, -0.1) is 0 Å². The van der Waals surface area contributed by atoms with E-state index in [1.807, 2.05) is 0 Å². The van der Waals surface area contributed by atoms with Crippen LogP contribution in [0.1, 0.15) is 154 Å². The van der Waals surface area contributed by atoms with E-state index in [2.05, 4.69) is 42.9 Å². The maximum atomic E-state index is 2.32. The average molecular weight is 431 g/mol. The summed E-state index contributed by atoms with van der Waals surface area (Å²) in [6.07, 6.45) is 36.4. The van der Waals surface area contributed by atoms with Crippen LogP contribution in [0.25, 0.3) is 0 Å². The first kappa shape index (κ1) is 28.2. The maximum Gasteiger partial charge on any atom is 0.169 e. The van der Waals surface area contributed by atoms with Gasteiger partial charge in [-0.1, -0.05) is 135 Å². The molecule has 0 radical (unpaired) electrons. The van der Waals surface area contributed by atoms with Crippen LogP contribution in [-0.2, 0) is 6.54 Å². The highest BCUT2D eigenvalue weighted by molar-refractivity contribution is 5.03. The van der Waals surface area contributed by atoms with Crippen LogP contribution in [0.5, 0.6) is 0 Å². The lowest BCUT2D eigenvalue weighted by Gasteiger charge is -2.04. The van der Waals surface area contributed by atoms with Crippen molar-refractivity contribution in [2.45, 2.75) is 162 Å². The Hall–Kier alpha value is -0.850. The molecule has 1 aromatic heterocycles. The standard InChI is InChI=1S/C30H56N/c1-3-4-5-6-7-8-9-10-11-12-13-14-15-16-17-18-19-20-21-22-23-24-27-31-28-25-30(2)26-29-31/h25-26,28-29H,3-24,27H2,1-2H3/q+1. The first-order valence-electron chi connectivity index (χ1n) is 14.3. The predicted molar refractivity (Wildman–Crippen MR) is 139 cm³/mol. The van der Waals surface area contributed by atoms with Gasteiger partial charge in [0.15, 0.2) is 12.4 Å². The molecule has 0 saturated heterocycles. The fraction of sp³-hybridized carbons (Fsp3) is 0.833. The highest BCUT2D eigenvalue weighted by Gasteiger charge is 1.99. The van der Waals surface area contributed by atoms with Gasteiger partial charge in [-0.25, -0.2) is 4.57 Å². The van der Waals surface area contributed by atoms with E-state index in [0.29, 0.717) is 0 Å². The Balaban J connectivity index is 1.68. The van der Waals surface area contributed by atoms with Crippen molar-refractivity contribution in [2.24, 2.45) is 0 Å². The Kier molecular flexibility index (Phi) is 20.3. The van der Waals surface area contributed by atoms with Gasteiger partial charge in [0.25, 0.3) is 0 Å². The summed E-state index contributed by atoms with van der Waals surface area (Å²) in [6, 6.07) is 4.41. The minimum atomic E-state index is 1.18. The molecule has 0 bridgehead atoms. The number of aromatic nitrogens is 1. The van der Waals surface area contributed by atoms with Crippen LogP contribution in [0.15, 0.2) is 24.5 Å². The van der Waals surface area contributed by atoms with E-state index in [1.165, 1.54) is 153 Å². The lowest BCUT2D eigenvalue weighted by atomic mass is 10.0. The van der Waals surface area contributed by atoms with Crippen molar-refractivity contribution in [3.63, 3.8) is 0 Å². The van der Waals surface area contributed by atoms with E-state index in [4.69, 9.17) is 0 Å². The van der Waals surface area contributed by atoms with Crippen LogP contribution >= 0.6 is 0 Å². The number of aryl methyl sites for hydroxylation is 2. The molecule has 31 heavy (non-hydrogen) atoms. The highest BCUT2D eigenvalue weighted by atomic mass is 14.9. The molecule has 1 heteroatoms. The summed E-state index contributed by atoms with van der Waals surface area (Å²) in [5, 5.41) is 0. The van der Waals surface area contributed by atoms with Gasteiger partial charge in [-0.2, -0.15) is 0 Å². The van der Waals surface area contributed by atoms with Gasteiger partial charge in [-0.05, 0) is 18.9 Å². The van der Waals surface area contributed by atoms with Crippen molar-refractivity contribution in [3.8, 4) is 0 Å². The number of pyridine rings is 1. The van der Waals surface area contributed by atoms with Crippen molar-refractivity contribution < 1.29 is 4.57 Å². The third kappa shape index (κ3) is 19.6. The smallest absolute Gasteiger partial charge is 0.169 e. The summed E-state index contributed by atoms with van der Waals surface area (Å²) in [7, 11) is 0. The van der Waals surface area contributed by atoms with Crippen molar-refractivity contribution in [3.05, 3.63) is 30.1 Å². The van der Waals surface area contributed by atoms with E-state index in [1.54, 1.807) is 0 Å². The molecular formula is C30H56N+. The summed E-state index contributed by atoms with van der Waals surface area (Å²) in [5.74, 6) is 0. The van der Waals surface area contributed by atoms with E-state index in [-0.39, 0.29) is 0 Å². The number of rotatable bonds is 23. The summed E-state index contributed by atoms with van der Waals surface area (Å²) in [4.78, 5) is 0. The molecule has 1 nitrogen and oxygen atoms in total. The van der Waals surface area contributed by atoms with E-state index < -0.39 is 0 Å². The molecule has 0 atom stereocenters. The van der Waals surface area contributed by atoms with Crippen LogP contribution < -0.4 is 4.57 Å². The second-order valence-corrected chi connectivity index (χ2v) is 10.0. The number of unbranched alkanes of at least 4 members (excludes halogenated alkanes) is 21. The van der Waals surface area contributed by atoms with Gasteiger partial charge in [-0.3, -0.25) is 0 Å². The lowest BCUT2D eigenvalue weighted by molar-refractivity contribution is -0.697. The second-order valence-electron chi connectivity index (χ2n) is 10.0. The maximum absolute atomic E-state index is 2.32. The first-order chi connectivity index (χ1) is 15.3. The zero-order chi connectivity index (χ0) is 22.2. The zero-order valence-electron chi connectivity index (χ0n) is 21.5. The highest BCUT2D eigenvalue weighted by Crippen LogP contribution is 2.15. The van der Waals surface area contributed by atoms with Gasteiger partial charge in [0.1, 0.15) is 6.54 Å². The Morgan fingerprint density at radius 3 is 1.06 bits per heavy atom. The van der Waals surface area contributed by atoms with Crippen LogP contribution in [0.4, 0.5) is 0 Å². The quantitative estimate of drug-likeness (QED) is 0.120. The third-order valence-corrected chi connectivity index (χ3v) is 6.83. The Morgan fingerprint density at radius 2 is 0.742 bits per heavy atom. The largest absolute Gasteiger partial charge is 0.205 e. The van der Waals surface area contributed by atoms with E-state index in [0.717, 1.165) is 0 Å². The minimum Gasteiger partial charge on any atom is -0.205 e. The fourth-order valence-electron chi connectivity index (χ4n) is 4.58. The van der Waals surface area contributed by atoms with Gasteiger partial charge < -0.3 is 0 Å². The monoisotopic (exact) mass is 430 g/mol. The number of hydrogen-bond donors (Lipinski definition) is 0. The molecule has 0 N–H and O–H groups in total. The molecule has 0 saturated carbocycles. The molecule has 0 aliphatic heterocycles. The molecule has 0 fully saturated rings. The van der Waals surface area contributed by atoms with Gasteiger partial charge in [0, 0.05) is 18.6 Å². The molecule has 0 unspecified atom stereocenters. The molecular weight excluding hydrogens is 374 g/mol. The topological polar surface area (TPSA) is 3.88 Å². The van der Waals surface area contributed by atoms with Crippen molar-refractivity contribution in [2.75, 3.05) is 0 Å². The molecule has 1 aromatic rings. The van der Waals surface area contributed by atoms with Crippen LogP contribution in [-0.4, -0.2) is 0 Å². The summed E-state index contributed by atoms with van der Waals surface area (Å²) in [6.45, 7) is 5.64. The SMILES string of the molecule is CCCCCCCCCCCCCCCCCCCCCCCC[n+]1ccc(C)cc1. The lowest BCUT2D eigenvalue weighted by Crippen LogP contribution is -2.32. The molecule has 0 aliphatic rings. The van der Waals surface area contributed by atoms with Crippen molar-refractivity contribution in [1.29, 1.82) is 0 Å². The Morgan fingerprint density at radius 1 is 0.452 bits per heavy atom. The normalized spacial score (nSPS) is 11.3. The Bertz CT molecular complexity index is 464. The van der Waals surface area contributed by atoms with E-state index >= 15 is 0 Å². The van der Waals surface area contributed by atoms with Gasteiger partial charge >= 0.3 is 0 Å². The summed E-state index contributed by atoms with van der Waals surface area (Å²) < 4.78 is 2.32. The molecule has 0 aliphatic carbocycles. The fourth-order valence-corrected chi connectivity index (χ4v) is 4.58. The van der Waals surface area contributed by atoms with Crippen LogP contribution in [0.2, 0.25) is 0 Å². The molecule has 180 valence electrons. The summed E-state index contributed by atoms with van der Waals surface area (Å²) >= 11 is 0. The number of hydrogen-bond acceptors (Lipinski definition) is 0. The Labute approximate surface area is 196 Å². The third-order valence-electron chi connectivity index (χ3n) is 6.83. The van der Waals surface area contributed by atoms with Gasteiger partial charge in [0.05, 0.1) is 0 Å². The summed E-state index contributed by atoms with van der Waals surface area (Å²) in [5.41, 5.74) is 1.35. The predicted octanol–water partition coefficient (Wildman–Crippen LogP) is 9.88. The molecule has 1 heterocycles. The van der Waals surface area contributed by atoms with Gasteiger partial charge in [0.2, 0.25) is 0 Å². The molecule has 0 amide bonds. The van der Waals surface area contributed by atoms with Crippen LogP contribution in [0.3, 0.4) is 0 Å². The van der Waals surface area contributed by atoms with E-state index in [9.17, 15) is 0 Å². The average Bonchev–Trinajstić information content (AvgIpc) is 2.78. The first-order valence-corrected chi connectivity index (χ1v) is 14.3. The zero-order valence-corrected chi connectivity index (χ0v) is 21.5. The molecule has 0 spiro atoms.